The molecule has 0 bridgehead atoms. The second kappa shape index (κ2) is 9.34. The number of hydrogen-bond acceptors (Lipinski definition) is 3. The molecule has 0 aromatic rings. The van der Waals surface area contributed by atoms with Crippen LogP contribution in [0.2, 0.25) is 0 Å². The third-order valence-corrected chi connectivity index (χ3v) is 2.98. The minimum Gasteiger partial charge on any atom is -0.381 e. The number of rotatable bonds is 11. The normalized spacial score (nSPS) is 14.7. The summed E-state index contributed by atoms with van der Waals surface area (Å²) in [5.41, 5.74) is 4.88. The Morgan fingerprint density at radius 1 is 1.39 bits per heavy atom. The maximum atomic E-state index is 11.5. The first-order chi connectivity index (χ1) is 8.42. The number of nitrogens with two attached hydrogens (primary N) is 1. The Kier molecular flexibility index (Phi) is 9.02. The molecule has 0 spiro atoms. The summed E-state index contributed by atoms with van der Waals surface area (Å²) in [7, 11) is 0. The van der Waals surface area contributed by atoms with E-state index >= 15 is 0 Å². The molecule has 1 atom stereocenters. The van der Waals surface area contributed by atoms with Crippen molar-refractivity contribution in [1.82, 2.24) is 5.32 Å². The van der Waals surface area contributed by atoms with E-state index in [0.717, 1.165) is 45.4 Å². The van der Waals surface area contributed by atoms with Crippen LogP contribution >= 0.6 is 0 Å². The fourth-order valence-corrected chi connectivity index (χ4v) is 1.70. The van der Waals surface area contributed by atoms with Crippen molar-refractivity contribution in [3.05, 3.63) is 0 Å². The molecule has 108 valence electrons. The Hall–Kier alpha value is -0.610. The SMILES string of the molecule is CCCNC(C)(CCCCOCC(C)C)C(N)=O. The average molecular weight is 258 g/mol. The number of carbonyl (C=O) groups is 1. The molecule has 0 aromatic heterocycles. The van der Waals surface area contributed by atoms with Crippen molar-refractivity contribution in [1.29, 1.82) is 0 Å². The molecule has 0 fully saturated rings. The van der Waals surface area contributed by atoms with Crippen LogP contribution in [0.4, 0.5) is 0 Å². The van der Waals surface area contributed by atoms with Gasteiger partial charge in [0.25, 0.3) is 0 Å². The van der Waals surface area contributed by atoms with Gasteiger partial charge in [-0.25, -0.2) is 0 Å². The zero-order valence-electron chi connectivity index (χ0n) is 12.4. The minimum atomic E-state index is -0.575. The molecule has 0 radical (unpaired) electrons. The van der Waals surface area contributed by atoms with E-state index in [1.54, 1.807) is 0 Å². The van der Waals surface area contributed by atoms with Crippen LogP contribution in [0.5, 0.6) is 0 Å². The minimum absolute atomic E-state index is 0.265. The van der Waals surface area contributed by atoms with E-state index < -0.39 is 5.54 Å². The molecular formula is C14H30N2O2. The molecule has 3 N–H and O–H groups in total. The van der Waals surface area contributed by atoms with Crippen molar-refractivity contribution in [2.24, 2.45) is 11.7 Å². The number of carbonyl (C=O) groups excluding carboxylic acids is 1. The van der Waals surface area contributed by atoms with E-state index in [4.69, 9.17) is 10.5 Å². The van der Waals surface area contributed by atoms with Crippen LogP contribution in [-0.4, -0.2) is 31.2 Å². The summed E-state index contributed by atoms with van der Waals surface area (Å²) in [5.74, 6) is 0.311. The Morgan fingerprint density at radius 2 is 2.06 bits per heavy atom. The van der Waals surface area contributed by atoms with Crippen molar-refractivity contribution in [3.63, 3.8) is 0 Å². The molecular weight excluding hydrogens is 228 g/mol. The summed E-state index contributed by atoms with van der Waals surface area (Å²) >= 11 is 0. The highest BCUT2D eigenvalue weighted by atomic mass is 16.5. The highest BCUT2D eigenvalue weighted by molar-refractivity contribution is 5.84. The Labute approximate surface area is 112 Å². The molecule has 0 saturated carbocycles. The van der Waals surface area contributed by atoms with Crippen LogP contribution in [0.1, 0.15) is 53.4 Å². The lowest BCUT2D eigenvalue weighted by Gasteiger charge is -2.27. The van der Waals surface area contributed by atoms with E-state index in [2.05, 4.69) is 26.1 Å². The molecule has 1 amide bonds. The third kappa shape index (κ3) is 7.67. The molecule has 4 heteroatoms. The van der Waals surface area contributed by atoms with Gasteiger partial charge in [-0.1, -0.05) is 20.8 Å². The number of hydrogen-bond donors (Lipinski definition) is 2. The van der Waals surface area contributed by atoms with Gasteiger partial charge in [-0.2, -0.15) is 0 Å². The number of amides is 1. The average Bonchev–Trinajstić information content (AvgIpc) is 2.30. The first-order valence-electron chi connectivity index (χ1n) is 7.05. The molecule has 0 aliphatic rings. The summed E-state index contributed by atoms with van der Waals surface area (Å²) in [5, 5.41) is 3.24. The van der Waals surface area contributed by atoms with Crippen LogP contribution < -0.4 is 11.1 Å². The Morgan fingerprint density at radius 3 is 2.56 bits per heavy atom. The highest BCUT2D eigenvalue weighted by Crippen LogP contribution is 2.13. The van der Waals surface area contributed by atoms with Crippen LogP contribution in [-0.2, 0) is 9.53 Å². The van der Waals surface area contributed by atoms with Crippen LogP contribution in [0.15, 0.2) is 0 Å². The number of ether oxygens (including phenoxy) is 1. The Balaban J connectivity index is 3.80. The van der Waals surface area contributed by atoms with Crippen molar-refractivity contribution in [2.45, 2.75) is 58.9 Å². The lowest BCUT2D eigenvalue weighted by atomic mass is 9.94. The number of primary amides is 1. The second-order valence-electron chi connectivity index (χ2n) is 5.55. The second-order valence-corrected chi connectivity index (χ2v) is 5.55. The lowest BCUT2D eigenvalue weighted by Crippen LogP contribution is -2.53. The Bertz CT molecular complexity index is 232. The van der Waals surface area contributed by atoms with Crippen LogP contribution in [0.25, 0.3) is 0 Å². The van der Waals surface area contributed by atoms with Crippen LogP contribution in [0, 0.1) is 5.92 Å². The number of unbranched alkanes of at least 4 members (excludes halogenated alkanes) is 1. The molecule has 0 rings (SSSR count). The summed E-state index contributed by atoms with van der Waals surface area (Å²) in [6, 6.07) is 0. The van der Waals surface area contributed by atoms with Gasteiger partial charge in [0.2, 0.25) is 5.91 Å². The van der Waals surface area contributed by atoms with Crippen molar-refractivity contribution in [3.8, 4) is 0 Å². The van der Waals surface area contributed by atoms with Gasteiger partial charge in [-0.15, -0.1) is 0 Å². The zero-order chi connectivity index (χ0) is 14.0. The maximum Gasteiger partial charge on any atom is 0.237 e. The summed E-state index contributed by atoms with van der Waals surface area (Å²) in [6.07, 6.45) is 3.70. The maximum absolute atomic E-state index is 11.5. The number of nitrogens with one attached hydrogen (secondary N) is 1. The molecule has 1 unspecified atom stereocenters. The van der Waals surface area contributed by atoms with E-state index in [1.165, 1.54) is 0 Å². The lowest BCUT2D eigenvalue weighted by molar-refractivity contribution is -0.124. The van der Waals surface area contributed by atoms with Gasteiger partial charge in [0.05, 0.1) is 5.54 Å². The predicted octanol–water partition coefficient (Wildman–Crippen LogP) is 2.07. The van der Waals surface area contributed by atoms with Gasteiger partial charge in [-0.3, -0.25) is 4.79 Å². The fourth-order valence-electron chi connectivity index (χ4n) is 1.70. The first kappa shape index (κ1) is 17.4. The van der Waals surface area contributed by atoms with Gasteiger partial charge in [0, 0.05) is 13.2 Å². The molecule has 0 heterocycles. The predicted molar refractivity (Wildman–Crippen MR) is 75.4 cm³/mol. The highest BCUT2D eigenvalue weighted by Gasteiger charge is 2.29. The molecule has 0 aliphatic heterocycles. The molecule has 0 aromatic carbocycles. The summed E-state index contributed by atoms with van der Waals surface area (Å²) in [4.78, 5) is 11.5. The summed E-state index contributed by atoms with van der Waals surface area (Å²) < 4.78 is 5.51. The van der Waals surface area contributed by atoms with Crippen molar-refractivity contribution < 1.29 is 9.53 Å². The topological polar surface area (TPSA) is 64.3 Å². The molecule has 0 aliphatic carbocycles. The monoisotopic (exact) mass is 258 g/mol. The summed E-state index contributed by atoms with van der Waals surface area (Å²) in [6.45, 7) is 10.6. The zero-order valence-corrected chi connectivity index (χ0v) is 12.4. The van der Waals surface area contributed by atoms with Crippen molar-refractivity contribution >= 4 is 5.91 Å². The van der Waals surface area contributed by atoms with Gasteiger partial charge in [-0.05, 0) is 45.1 Å². The van der Waals surface area contributed by atoms with Gasteiger partial charge in [0.15, 0.2) is 0 Å². The smallest absolute Gasteiger partial charge is 0.237 e. The van der Waals surface area contributed by atoms with Gasteiger partial charge < -0.3 is 15.8 Å². The van der Waals surface area contributed by atoms with Crippen molar-refractivity contribution in [2.75, 3.05) is 19.8 Å². The standard InChI is InChI=1S/C14H30N2O2/c1-5-9-16-14(4,13(15)17)8-6-7-10-18-11-12(2)3/h12,16H,5-11H2,1-4H3,(H2,15,17). The first-order valence-corrected chi connectivity index (χ1v) is 7.05. The van der Waals surface area contributed by atoms with E-state index in [1.807, 2.05) is 6.92 Å². The van der Waals surface area contributed by atoms with Gasteiger partial charge >= 0.3 is 0 Å². The largest absolute Gasteiger partial charge is 0.381 e. The van der Waals surface area contributed by atoms with E-state index in [0.29, 0.717) is 5.92 Å². The van der Waals surface area contributed by atoms with Crippen LogP contribution in [0.3, 0.4) is 0 Å². The fraction of sp³-hybridized carbons (Fsp3) is 0.929. The molecule has 0 saturated heterocycles. The molecule has 18 heavy (non-hydrogen) atoms. The van der Waals surface area contributed by atoms with E-state index in [9.17, 15) is 4.79 Å². The molecule has 4 nitrogen and oxygen atoms in total. The quantitative estimate of drug-likeness (QED) is 0.558. The van der Waals surface area contributed by atoms with E-state index in [-0.39, 0.29) is 5.91 Å². The third-order valence-electron chi connectivity index (χ3n) is 2.98. The van der Waals surface area contributed by atoms with Gasteiger partial charge in [0.1, 0.15) is 0 Å².